The maximum atomic E-state index is 11.5. The molecule has 0 atom stereocenters. The van der Waals surface area contributed by atoms with E-state index in [9.17, 15) is 9.59 Å². The van der Waals surface area contributed by atoms with Crippen LogP contribution in [0.4, 0.5) is 0 Å². The lowest BCUT2D eigenvalue weighted by Crippen LogP contribution is -2.40. The van der Waals surface area contributed by atoms with Crippen LogP contribution in [0.25, 0.3) is 0 Å². The molecule has 0 unspecified atom stereocenters. The van der Waals surface area contributed by atoms with Gasteiger partial charge < -0.3 is 15.3 Å². The van der Waals surface area contributed by atoms with Crippen molar-refractivity contribution in [1.29, 1.82) is 0 Å². The zero-order valence-electron chi connectivity index (χ0n) is 10.3. The van der Waals surface area contributed by atoms with Crippen LogP contribution in [0.15, 0.2) is 0 Å². The van der Waals surface area contributed by atoms with Crippen molar-refractivity contribution in [2.45, 2.75) is 13.3 Å². The van der Waals surface area contributed by atoms with Gasteiger partial charge in [-0.2, -0.15) is 0 Å². The van der Waals surface area contributed by atoms with Crippen LogP contribution in [0.2, 0.25) is 0 Å². The molecule has 1 aliphatic heterocycles. The van der Waals surface area contributed by atoms with E-state index in [2.05, 4.69) is 5.32 Å². The summed E-state index contributed by atoms with van der Waals surface area (Å²) >= 11 is 0. The highest BCUT2D eigenvalue weighted by Gasteiger charge is 2.17. The number of hydrogen-bond donors (Lipinski definition) is 2. The van der Waals surface area contributed by atoms with Crippen molar-refractivity contribution in [2.24, 2.45) is 0 Å². The highest BCUT2D eigenvalue weighted by atomic mass is 16.3. The fourth-order valence-corrected chi connectivity index (χ4v) is 1.90. The molecule has 1 rings (SSSR count). The molecule has 17 heavy (non-hydrogen) atoms. The van der Waals surface area contributed by atoms with Crippen molar-refractivity contribution in [1.82, 2.24) is 15.1 Å². The molecule has 0 aliphatic carbocycles. The van der Waals surface area contributed by atoms with Crippen LogP contribution in [0, 0.1) is 0 Å². The number of aliphatic hydroxyl groups excluding tert-OH is 1. The average molecular weight is 243 g/mol. The zero-order chi connectivity index (χ0) is 12.7. The molecule has 0 radical (unpaired) electrons. The number of aliphatic hydroxyl groups is 1. The molecule has 1 fully saturated rings. The summed E-state index contributed by atoms with van der Waals surface area (Å²) in [6.07, 6.45) is 0.896. The van der Waals surface area contributed by atoms with Gasteiger partial charge in [-0.25, -0.2) is 0 Å². The molecule has 0 bridgehead atoms. The van der Waals surface area contributed by atoms with Crippen LogP contribution in [-0.4, -0.2) is 72.6 Å². The minimum Gasteiger partial charge on any atom is -0.395 e. The van der Waals surface area contributed by atoms with E-state index in [0.717, 1.165) is 26.1 Å². The quantitative estimate of drug-likeness (QED) is 0.640. The molecule has 0 saturated carbocycles. The lowest BCUT2D eigenvalue weighted by atomic mass is 10.3. The van der Waals surface area contributed by atoms with E-state index in [4.69, 9.17) is 5.11 Å². The fourth-order valence-electron chi connectivity index (χ4n) is 1.90. The lowest BCUT2D eigenvalue weighted by molar-refractivity contribution is -0.128. The third-order valence-electron chi connectivity index (χ3n) is 2.84. The molecule has 2 N–H and O–H groups in total. The Morgan fingerprint density at radius 2 is 2.00 bits per heavy atom. The van der Waals surface area contributed by atoms with Crippen LogP contribution in [-0.2, 0) is 9.59 Å². The lowest BCUT2D eigenvalue weighted by Gasteiger charge is -2.20. The Kier molecular flexibility index (Phi) is 5.93. The number of amides is 2. The van der Waals surface area contributed by atoms with Gasteiger partial charge in [0.25, 0.3) is 0 Å². The van der Waals surface area contributed by atoms with Gasteiger partial charge in [0.05, 0.1) is 13.2 Å². The first-order valence-electron chi connectivity index (χ1n) is 5.99. The van der Waals surface area contributed by atoms with Gasteiger partial charge in [-0.05, 0) is 6.42 Å². The second-order valence-electron chi connectivity index (χ2n) is 4.21. The van der Waals surface area contributed by atoms with Crippen LogP contribution >= 0.6 is 0 Å². The van der Waals surface area contributed by atoms with Gasteiger partial charge in [0, 0.05) is 39.6 Å². The summed E-state index contributed by atoms with van der Waals surface area (Å²) in [7, 11) is 0. The molecule has 0 aromatic heterocycles. The molecule has 1 aliphatic rings. The second-order valence-corrected chi connectivity index (χ2v) is 4.21. The third-order valence-corrected chi connectivity index (χ3v) is 2.84. The van der Waals surface area contributed by atoms with Crippen LogP contribution in [0.5, 0.6) is 0 Å². The first-order chi connectivity index (χ1) is 8.13. The van der Waals surface area contributed by atoms with Crippen LogP contribution < -0.4 is 5.32 Å². The van der Waals surface area contributed by atoms with Crippen molar-refractivity contribution < 1.29 is 14.7 Å². The second kappa shape index (κ2) is 7.24. The summed E-state index contributed by atoms with van der Waals surface area (Å²) in [6.45, 7) is 5.18. The molecule has 98 valence electrons. The predicted molar refractivity (Wildman–Crippen MR) is 63.4 cm³/mol. The van der Waals surface area contributed by atoms with E-state index in [-0.39, 0.29) is 18.4 Å². The highest BCUT2D eigenvalue weighted by molar-refractivity contribution is 5.78. The first-order valence-corrected chi connectivity index (χ1v) is 5.99. The summed E-state index contributed by atoms with van der Waals surface area (Å²) in [5.41, 5.74) is 0. The highest BCUT2D eigenvalue weighted by Crippen LogP contribution is 2.02. The van der Waals surface area contributed by atoms with Gasteiger partial charge in [0.15, 0.2) is 0 Å². The summed E-state index contributed by atoms with van der Waals surface area (Å²) in [6, 6.07) is 0. The molecule has 0 aromatic rings. The molecular weight excluding hydrogens is 222 g/mol. The zero-order valence-corrected chi connectivity index (χ0v) is 10.3. The maximum Gasteiger partial charge on any atom is 0.234 e. The fraction of sp³-hybridized carbons (Fsp3) is 0.818. The molecule has 2 amide bonds. The minimum atomic E-state index is -0.0738. The summed E-state index contributed by atoms with van der Waals surface area (Å²) in [5, 5.41) is 11.2. The Morgan fingerprint density at radius 3 is 2.65 bits per heavy atom. The van der Waals surface area contributed by atoms with Crippen LogP contribution in [0.1, 0.15) is 13.3 Å². The van der Waals surface area contributed by atoms with E-state index >= 15 is 0 Å². The number of nitrogens with one attached hydrogen (secondary N) is 1. The Balaban J connectivity index is 2.31. The van der Waals surface area contributed by atoms with E-state index in [1.54, 1.807) is 6.92 Å². The molecular formula is C11H21N3O3. The largest absolute Gasteiger partial charge is 0.395 e. The van der Waals surface area contributed by atoms with E-state index < -0.39 is 0 Å². The molecule has 1 saturated heterocycles. The van der Waals surface area contributed by atoms with Gasteiger partial charge in [-0.3, -0.25) is 14.5 Å². The van der Waals surface area contributed by atoms with Crippen molar-refractivity contribution >= 4 is 11.8 Å². The topological polar surface area (TPSA) is 72.9 Å². The normalized spacial score (nSPS) is 17.6. The van der Waals surface area contributed by atoms with E-state index in [1.807, 2.05) is 9.80 Å². The molecule has 6 heteroatoms. The Hall–Kier alpha value is -1.14. The van der Waals surface area contributed by atoms with Crippen molar-refractivity contribution in [3.8, 4) is 0 Å². The van der Waals surface area contributed by atoms with E-state index in [1.165, 1.54) is 0 Å². The summed E-state index contributed by atoms with van der Waals surface area (Å²) in [4.78, 5) is 26.5. The molecule has 0 aromatic carbocycles. The van der Waals surface area contributed by atoms with Gasteiger partial charge in [0.2, 0.25) is 11.8 Å². The molecule has 0 spiro atoms. The van der Waals surface area contributed by atoms with Crippen molar-refractivity contribution in [2.75, 3.05) is 45.9 Å². The average Bonchev–Trinajstić information content (AvgIpc) is 2.52. The van der Waals surface area contributed by atoms with Crippen molar-refractivity contribution in [3.05, 3.63) is 0 Å². The number of carbonyl (C=O) groups excluding carboxylic acids is 2. The van der Waals surface area contributed by atoms with Gasteiger partial charge in [-0.15, -0.1) is 0 Å². The first kappa shape index (κ1) is 13.9. The monoisotopic (exact) mass is 243 g/mol. The predicted octanol–water partition coefficient (Wildman–Crippen LogP) is -1.35. The maximum absolute atomic E-state index is 11.5. The number of hydrogen-bond acceptors (Lipinski definition) is 4. The number of carbonyl (C=O) groups is 2. The SMILES string of the molecule is CC(=O)N1CCCN(CC(=O)NCCO)CC1. The van der Waals surface area contributed by atoms with Crippen LogP contribution in [0.3, 0.4) is 0 Å². The third kappa shape index (κ3) is 5.14. The Labute approximate surface area is 102 Å². The summed E-state index contributed by atoms with van der Waals surface area (Å²) in [5.74, 6) is 0.0203. The van der Waals surface area contributed by atoms with E-state index in [0.29, 0.717) is 19.6 Å². The molecule has 1 heterocycles. The van der Waals surface area contributed by atoms with Gasteiger partial charge in [-0.1, -0.05) is 0 Å². The number of rotatable bonds is 4. The smallest absolute Gasteiger partial charge is 0.234 e. The Bertz CT molecular complexity index is 271. The van der Waals surface area contributed by atoms with Gasteiger partial charge in [0.1, 0.15) is 0 Å². The Morgan fingerprint density at radius 1 is 1.24 bits per heavy atom. The van der Waals surface area contributed by atoms with Crippen molar-refractivity contribution in [3.63, 3.8) is 0 Å². The molecule has 6 nitrogen and oxygen atoms in total. The summed E-state index contributed by atoms with van der Waals surface area (Å²) < 4.78 is 0. The van der Waals surface area contributed by atoms with Gasteiger partial charge >= 0.3 is 0 Å². The minimum absolute atomic E-state index is 0.0378. The number of nitrogens with zero attached hydrogens (tertiary/aromatic N) is 2. The standard InChI is InChI=1S/C11H21N3O3/c1-10(16)14-5-2-4-13(6-7-14)9-11(17)12-3-8-15/h15H,2-9H2,1H3,(H,12,17).